The highest BCUT2D eigenvalue weighted by Crippen LogP contribution is 2.53. The molecule has 5 fully saturated rings. The number of esters is 1. The van der Waals surface area contributed by atoms with Crippen molar-refractivity contribution >= 4 is 5.97 Å². The molecule has 6 rings (SSSR count). The number of aliphatic hydroxyl groups excluding tert-OH is 5. The number of phenolic OH excluding ortho intramolecular Hbond substituents is 1. The Labute approximate surface area is 199 Å². The maximum Gasteiger partial charge on any atom is 0.338 e. The number of rotatable bonds is 5. The van der Waals surface area contributed by atoms with Gasteiger partial charge in [0.2, 0.25) is 0 Å². The Morgan fingerprint density at radius 2 is 1.74 bits per heavy atom. The van der Waals surface area contributed by atoms with Gasteiger partial charge in [-0.25, -0.2) is 4.79 Å². The molecule has 1 aromatic rings. The molecular weight excluding hydrogens is 472 g/mol. The number of hydrogen-bond acceptors (Lipinski definition) is 13. The molecule has 0 unspecified atom stereocenters. The van der Waals surface area contributed by atoms with E-state index in [0.717, 1.165) is 0 Å². The first kappa shape index (κ1) is 24.8. The van der Waals surface area contributed by atoms with Crippen molar-refractivity contribution < 1.29 is 64.2 Å². The van der Waals surface area contributed by atoms with Crippen molar-refractivity contribution in [3.63, 3.8) is 0 Å². The number of carbonyl (C=O) groups is 1. The average molecular weight is 500 g/mol. The quantitative estimate of drug-likeness (QED) is 0.204. The molecule has 1 aromatic carbocycles. The van der Waals surface area contributed by atoms with Crippen molar-refractivity contribution in [1.29, 1.82) is 0 Å². The number of hydrogen-bond donors (Lipinski definition) is 7. The van der Waals surface area contributed by atoms with Gasteiger partial charge in [0.15, 0.2) is 18.9 Å². The number of phenols is 1. The first-order valence-electron chi connectivity index (χ1n) is 11.3. The fraction of sp³-hybridized carbons (Fsp3) is 0.682. The zero-order valence-corrected chi connectivity index (χ0v) is 18.4. The topological polar surface area (TPSA) is 205 Å². The molecule has 13 nitrogen and oxygen atoms in total. The Kier molecular flexibility index (Phi) is 6.51. The Balaban J connectivity index is 1.38. The van der Waals surface area contributed by atoms with Gasteiger partial charge in [-0.3, -0.25) is 0 Å². The smallest absolute Gasteiger partial charge is 0.338 e. The third-order valence-electron chi connectivity index (χ3n) is 7.29. The Hall–Kier alpha value is -1.91. The van der Waals surface area contributed by atoms with Gasteiger partial charge in [0.1, 0.15) is 48.0 Å². The summed E-state index contributed by atoms with van der Waals surface area (Å²) in [4.78, 5) is 12.7. The summed E-state index contributed by atoms with van der Waals surface area (Å²) in [5.74, 6) is -2.47. The molecule has 194 valence electrons. The minimum Gasteiger partial charge on any atom is -0.508 e. The lowest BCUT2D eigenvalue weighted by Crippen LogP contribution is -2.61. The second-order valence-corrected chi connectivity index (χ2v) is 9.36. The van der Waals surface area contributed by atoms with E-state index >= 15 is 0 Å². The van der Waals surface area contributed by atoms with Crippen molar-refractivity contribution in [2.75, 3.05) is 13.2 Å². The van der Waals surface area contributed by atoms with E-state index in [1.165, 1.54) is 24.3 Å². The van der Waals surface area contributed by atoms with Crippen LogP contribution in [0.3, 0.4) is 0 Å². The molecule has 13 heteroatoms. The Morgan fingerprint density at radius 1 is 1.03 bits per heavy atom. The summed E-state index contributed by atoms with van der Waals surface area (Å²) in [6.07, 6.45) is -12.5. The molecule has 0 spiro atoms. The van der Waals surface area contributed by atoms with Gasteiger partial charge in [-0.05, 0) is 24.3 Å². The van der Waals surface area contributed by atoms with Crippen LogP contribution in [0.4, 0.5) is 0 Å². The second kappa shape index (κ2) is 9.19. The van der Waals surface area contributed by atoms with Crippen LogP contribution >= 0.6 is 0 Å². The van der Waals surface area contributed by atoms with Crippen LogP contribution in [-0.4, -0.2) is 116 Å². The van der Waals surface area contributed by atoms with Crippen LogP contribution in [0.1, 0.15) is 16.8 Å². The van der Waals surface area contributed by atoms with Gasteiger partial charge >= 0.3 is 5.97 Å². The highest BCUT2D eigenvalue weighted by Gasteiger charge is 2.69. The molecule has 1 saturated carbocycles. The highest BCUT2D eigenvalue weighted by molar-refractivity contribution is 5.89. The van der Waals surface area contributed by atoms with Crippen molar-refractivity contribution in [1.82, 2.24) is 0 Å². The van der Waals surface area contributed by atoms with Crippen molar-refractivity contribution in [2.45, 2.75) is 67.5 Å². The molecule has 12 atom stereocenters. The van der Waals surface area contributed by atoms with E-state index in [9.17, 15) is 40.5 Å². The van der Waals surface area contributed by atoms with Crippen molar-refractivity contribution in [3.05, 3.63) is 29.8 Å². The van der Waals surface area contributed by atoms with E-state index < -0.39 is 85.5 Å². The standard InChI is InChI=1S/C22H28O13/c23-6-11-14(25)15(26)16(27)21(32-11)35-20-13-10-5-12(33-20)31-7-22(13,30)18(28)17(10)34-19(29)8-1-3-9(24)4-2-8/h1-4,10-18,20-21,23-28,30H,5-7H2/t10-,11-,12-,13-,14-,15+,16-,17+,18-,20+,21+,22-/m1/s1. The first-order valence-corrected chi connectivity index (χ1v) is 11.3. The van der Waals surface area contributed by atoms with Gasteiger partial charge in [0.25, 0.3) is 0 Å². The summed E-state index contributed by atoms with van der Waals surface area (Å²) in [6.45, 7) is -1.01. The summed E-state index contributed by atoms with van der Waals surface area (Å²) < 4.78 is 28.0. The number of ether oxygens (including phenoxy) is 5. The molecule has 1 aliphatic carbocycles. The number of benzene rings is 1. The SMILES string of the molecule is O=C(O[C@H]1[C@@H]2C[C@@H]3OC[C@@](O)([C@H]2[C@H](O[C@@H]2O[C@H](CO)[C@@H](O)[C@H](O)[C@H]2O)O3)[C@@H]1O)c1ccc(O)cc1. The van der Waals surface area contributed by atoms with Gasteiger partial charge in [-0.15, -0.1) is 0 Å². The van der Waals surface area contributed by atoms with Gasteiger partial charge in [0, 0.05) is 12.3 Å². The molecule has 0 amide bonds. The Morgan fingerprint density at radius 3 is 2.43 bits per heavy atom. The van der Waals surface area contributed by atoms with Crippen molar-refractivity contribution in [3.8, 4) is 5.75 Å². The number of carbonyl (C=O) groups excluding carboxylic acids is 1. The second-order valence-electron chi connectivity index (χ2n) is 9.36. The van der Waals surface area contributed by atoms with E-state index in [-0.39, 0.29) is 24.3 Å². The lowest BCUT2D eigenvalue weighted by molar-refractivity contribution is -0.370. The molecule has 35 heavy (non-hydrogen) atoms. The molecule has 5 aliphatic rings. The minimum atomic E-state index is -1.95. The van der Waals surface area contributed by atoms with Gasteiger partial charge in [-0.2, -0.15) is 0 Å². The third kappa shape index (κ3) is 4.11. The fourth-order valence-electron chi connectivity index (χ4n) is 5.41. The van der Waals surface area contributed by atoms with Crippen LogP contribution in [0.5, 0.6) is 5.75 Å². The van der Waals surface area contributed by atoms with E-state index in [1.807, 2.05) is 0 Å². The maximum atomic E-state index is 12.7. The van der Waals surface area contributed by atoms with E-state index in [2.05, 4.69) is 0 Å². The molecule has 4 bridgehead atoms. The average Bonchev–Trinajstić information content (AvgIpc) is 2.95. The van der Waals surface area contributed by atoms with Crippen LogP contribution in [0.15, 0.2) is 24.3 Å². The monoisotopic (exact) mass is 500 g/mol. The van der Waals surface area contributed by atoms with Crippen LogP contribution in [0, 0.1) is 11.8 Å². The van der Waals surface area contributed by atoms with Crippen LogP contribution < -0.4 is 0 Å². The molecule has 0 aromatic heterocycles. The van der Waals surface area contributed by atoms with Gasteiger partial charge < -0.3 is 59.4 Å². The molecule has 7 N–H and O–H groups in total. The highest BCUT2D eigenvalue weighted by atomic mass is 16.8. The molecule has 0 radical (unpaired) electrons. The fourth-order valence-corrected chi connectivity index (χ4v) is 5.41. The van der Waals surface area contributed by atoms with Gasteiger partial charge in [0.05, 0.1) is 24.7 Å². The lowest BCUT2D eigenvalue weighted by atomic mass is 9.82. The summed E-state index contributed by atoms with van der Waals surface area (Å²) in [6, 6.07) is 5.34. The Bertz CT molecular complexity index is 924. The van der Waals surface area contributed by atoms with Crippen LogP contribution in [-0.2, 0) is 23.7 Å². The van der Waals surface area contributed by atoms with E-state index in [1.54, 1.807) is 0 Å². The largest absolute Gasteiger partial charge is 0.508 e. The third-order valence-corrected chi connectivity index (χ3v) is 7.29. The summed E-state index contributed by atoms with van der Waals surface area (Å²) in [7, 11) is 0. The molecule has 4 saturated heterocycles. The normalized spacial score (nSPS) is 46.9. The molecule has 4 aliphatic heterocycles. The number of aliphatic hydroxyl groups is 6. The minimum absolute atomic E-state index is 0.0381. The van der Waals surface area contributed by atoms with Crippen LogP contribution in [0.25, 0.3) is 0 Å². The predicted octanol–water partition coefficient (Wildman–Crippen LogP) is -2.83. The number of fused-ring (bicyclic) bond motifs is 2. The van der Waals surface area contributed by atoms with Crippen LogP contribution in [0.2, 0.25) is 0 Å². The maximum absolute atomic E-state index is 12.7. The molecule has 4 heterocycles. The summed E-state index contributed by atoms with van der Waals surface area (Å²) in [5, 5.41) is 71.7. The summed E-state index contributed by atoms with van der Waals surface area (Å²) in [5.41, 5.74) is -1.82. The number of aromatic hydroxyl groups is 1. The first-order chi connectivity index (χ1) is 16.6. The van der Waals surface area contributed by atoms with Crippen molar-refractivity contribution in [2.24, 2.45) is 11.8 Å². The summed E-state index contributed by atoms with van der Waals surface area (Å²) >= 11 is 0. The van der Waals surface area contributed by atoms with E-state index in [0.29, 0.717) is 0 Å². The van der Waals surface area contributed by atoms with Gasteiger partial charge in [-0.1, -0.05) is 0 Å². The lowest BCUT2D eigenvalue weighted by Gasteiger charge is -2.44. The predicted molar refractivity (Wildman–Crippen MR) is 109 cm³/mol. The zero-order chi connectivity index (χ0) is 25.1. The van der Waals surface area contributed by atoms with E-state index in [4.69, 9.17) is 23.7 Å². The molecular formula is C22H28O13. The zero-order valence-electron chi connectivity index (χ0n) is 18.4.